The molecule has 1 aliphatic heterocycles. The molecule has 1 heterocycles. The predicted octanol–water partition coefficient (Wildman–Crippen LogP) is 3.67. The molecule has 1 aliphatic rings. The second kappa shape index (κ2) is 7.10. The van der Waals surface area contributed by atoms with E-state index in [0.717, 1.165) is 4.90 Å². The highest BCUT2D eigenvalue weighted by atomic mass is 35.5. The van der Waals surface area contributed by atoms with Crippen molar-refractivity contribution in [2.24, 2.45) is 0 Å². The first kappa shape index (κ1) is 20.2. The highest BCUT2D eigenvalue weighted by molar-refractivity contribution is 7.90. The van der Waals surface area contributed by atoms with Crippen LogP contribution in [0.3, 0.4) is 0 Å². The summed E-state index contributed by atoms with van der Waals surface area (Å²) in [4.78, 5) is 26.1. The van der Waals surface area contributed by atoms with E-state index in [1.54, 1.807) is 24.3 Å². The van der Waals surface area contributed by atoms with Crippen molar-refractivity contribution in [3.63, 3.8) is 0 Å². The molecule has 0 spiro atoms. The molecule has 1 saturated heterocycles. The third kappa shape index (κ3) is 3.98. The summed E-state index contributed by atoms with van der Waals surface area (Å²) in [6.07, 6.45) is 0. The Morgan fingerprint density at radius 3 is 2.29 bits per heavy atom. The summed E-state index contributed by atoms with van der Waals surface area (Å²) in [5, 5.41) is 0.343. The average Bonchev–Trinajstić information content (AvgIpc) is 2.89. The predicted molar refractivity (Wildman–Crippen MR) is 105 cm³/mol. The maximum atomic E-state index is 12.8. The Morgan fingerprint density at radius 1 is 1.04 bits per heavy atom. The SMILES string of the molecule is CC(C)(C)Oc1cccc(N2CC(=O)N(S(=O)(=O)c3ccc(Cl)cc3)C2=O)c1. The molecule has 148 valence electrons. The van der Waals surface area contributed by atoms with Crippen LogP contribution >= 0.6 is 11.6 Å². The van der Waals surface area contributed by atoms with Gasteiger partial charge < -0.3 is 4.74 Å². The van der Waals surface area contributed by atoms with Gasteiger partial charge in [-0.2, -0.15) is 0 Å². The number of amides is 3. The minimum Gasteiger partial charge on any atom is -0.488 e. The van der Waals surface area contributed by atoms with Gasteiger partial charge in [-0.15, -0.1) is 4.31 Å². The number of rotatable bonds is 4. The second-order valence-electron chi connectivity index (χ2n) is 7.20. The van der Waals surface area contributed by atoms with Gasteiger partial charge in [-0.3, -0.25) is 9.69 Å². The smallest absolute Gasteiger partial charge is 0.346 e. The van der Waals surface area contributed by atoms with Crippen LogP contribution in [0.5, 0.6) is 5.75 Å². The summed E-state index contributed by atoms with van der Waals surface area (Å²) in [6, 6.07) is 10.9. The van der Waals surface area contributed by atoms with Crippen LogP contribution in [0.25, 0.3) is 0 Å². The van der Waals surface area contributed by atoms with Crippen LogP contribution in [-0.4, -0.2) is 36.8 Å². The Kier molecular flexibility index (Phi) is 5.12. The summed E-state index contributed by atoms with van der Waals surface area (Å²) in [5.41, 5.74) is -0.0816. The van der Waals surface area contributed by atoms with Gasteiger partial charge >= 0.3 is 6.03 Å². The molecule has 0 aromatic heterocycles. The normalized spacial score (nSPS) is 15.3. The molecular formula is C19H19ClN2O5S. The van der Waals surface area contributed by atoms with Gasteiger partial charge in [0.2, 0.25) is 0 Å². The number of benzene rings is 2. The fourth-order valence-electron chi connectivity index (χ4n) is 2.70. The number of anilines is 1. The third-order valence-electron chi connectivity index (χ3n) is 3.83. The number of imide groups is 1. The van der Waals surface area contributed by atoms with E-state index in [-0.39, 0.29) is 15.7 Å². The lowest BCUT2D eigenvalue weighted by atomic mass is 10.2. The van der Waals surface area contributed by atoms with E-state index in [0.29, 0.717) is 16.5 Å². The van der Waals surface area contributed by atoms with Crippen molar-refractivity contribution in [1.82, 2.24) is 4.31 Å². The number of carbonyl (C=O) groups excluding carboxylic acids is 2. The zero-order valence-corrected chi connectivity index (χ0v) is 17.1. The number of nitrogens with zero attached hydrogens (tertiary/aromatic N) is 2. The molecule has 0 atom stereocenters. The number of urea groups is 1. The van der Waals surface area contributed by atoms with Gasteiger partial charge in [0.05, 0.1) is 4.90 Å². The van der Waals surface area contributed by atoms with Crippen molar-refractivity contribution < 1.29 is 22.7 Å². The van der Waals surface area contributed by atoms with Gasteiger partial charge in [0.1, 0.15) is 17.9 Å². The lowest BCUT2D eigenvalue weighted by molar-refractivity contribution is -0.121. The van der Waals surface area contributed by atoms with Gasteiger partial charge in [-0.05, 0) is 57.2 Å². The molecule has 0 bridgehead atoms. The highest BCUT2D eigenvalue weighted by Crippen LogP contribution is 2.30. The standard InChI is InChI=1S/C19H19ClN2O5S/c1-19(2,3)27-15-6-4-5-14(11-15)21-12-17(23)22(18(21)24)28(25,26)16-9-7-13(20)8-10-16/h4-11H,12H2,1-3H3. The Bertz CT molecular complexity index is 1030. The molecule has 9 heteroatoms. The van der Waals surface area contributed by atoms with Crippen LogP contribution in [0.2, 0.25) is 5.02 Å². The molecule has 0 N–H and O–H groups in total. The van der Waals surface area contributed by atoms with Gasteiger partial charge in [-0.1, -0.05) is 17.7 Å². The molecular weight excluding hydrogens is 404 g/mol. The van der Waals surface area contributed by atoms with E-state index in [9.17, 15) is 18.0 Å². The van der Waals surface area contributed by atoms with E-state index < -0.39 is 27.6 Å². The lowest BCUT2D eigenvalue weighted by Gasteiger charge is -2.23. The minimum atomic E-state index is -4.33. The first-order chi connectivity index (χ1) is 13.0. The van der Waals surface area contributed by atoms with Gasteiger partial charge in [0.25, 0.3) is 15.9 Å². The Balaban J connectivity index is 1.92. The molecule has 2 aromatic carbocycles. The fourth-order valence-corrected chi connectivity index (χ4v) is 4.15. The van der Waals surface area contributed by atoms with Gasteiger partial charge in [-0.25, -0.2) is 13.2 Å². The summed E-state index contributed by atoms with van der Waals surface area (Å²) in [7, 11) is -4.33. The van der Waals surface area contributed by atoms with E-state index in [4.69, 9.17) is 16.3 Å². The summed E-state index contributed by atoms with van der Waals surface area (Å²) < 4.78 is 31.6. The molecule has 28 heavy (non-hydrogen) atoms. The number of halogens is 1. The maximum absolute atomic E-state index is 12.8. The second-order valence-corrected chi connectivity index (χ2v) is 9.42. The molecule has 0 saturated carbocycles. The molecule has 3 amide bonds. The first-order valence-electron chi connectivity index (χ1n) is 8.43. The van der Waals surface area contributed by atoms with E-state index in [1.165, 1.54) is 24.3 Å². The fraction of sp³-hybridized carbons (Fsp3) is 0.263. The topological polar surface area (TPSA) is 84.0 Å². The largest absolute Gasteiger partial charge is 0.488 e. The van der Waals surface area contributed by atoms with Crippen molar-refractivity contribution in [2.45, 2.75) is 31.3 Å². The number of carbonyl (C=O) groups is 2. The van der Waals surface area contributed by atoms with E-state index in [1.807, 2.05) is 20.8 Å². The zero-order chi connectivity index (χ0) is 20.7. The Hall–Kier alpha value is -2.58. The summed E-state index contributed by atoms with van der Waals surface area (Å²) in [5.74, 6) is -0.327. The van der Waals surface area contributed by atoms with E-state index >= 15 is 0 Å². The van der Waals surface area contributed by atoms with Crippen LogP contribution in [0.15, 0.2) is 53.4 Å². The first-order valence-corrected chi connectivity index (χ1v) is 10.3. The molecule has 1 fully saturated rings. The molecule has 0 unspecified atom stereocenters. The highest BCUT2D eigenvalue weighted by Gasteiger charge is 2.45. The number of ether oxygens (including phenoxy) is 1. The molecule has 0 aliphatic carbocycles. The summed E-state index contributed by atoms with van der Waals surface area (Å²) >= 11 is 5.78. The van der Waals surface area contributed by atoms with Crippen LogP contribution in [0, 0.1) is 0 Å². The number of hydrogen-bond acceptors (Lipinski definition) is 5. The van der Waals surface area contributed by atoms with Crippen molar-refractivity contribution >= 4 is 39.2 Å². The average molecular weight is 423 g/mol. The van der Waals surface area contributed by atoms with Crippen molar-refractivity contribution in [3.8, 4) is 5.75 Å². The van der Waals surface area contributed by atoms with Crippen LogP contribution in [-0.2, 0) is 14.8 Å². The molecule has 0 radical (unpaired) electrons. The molecule has 7 nitrogen and oxygen atoms in total. The number of hydrogen-bond donors (Lipinski definition) is 0. The molecule has 2 aromatic rings. The van der Waals surface area contributed by atoms with Crippen LogP contribution in [0.4, 0.5) is 10.5 Å². The van der Waals surface area contributed by atoms with Crippen LogP contribution < -0.4 is 9.64 Å². The van der Waals surface area contributed by atoms with Gasteiger partial charge in [0, 0.05) is 16.8 Å². The van der Waals surface area contributed by atoms with E-state index in [2.05, 4.69) is 0 Å². The monoisotopic (exact) mass is 422 g/mol. The minimum absolute atomic E-state index is 0.190. The molecule has 3 rings (SSSR count). The summed E-state index contributed by atoms with van der Waals surface area (Å²) in [6.45, 7) is 5.25. The zero-order valence-electron chi connectivity index (χ0n) is 15.5. The quantitative estimate of drug-likeness (QED) is 0.702. The number of sulfonamides is 1. The van der Waals surface area contributed by atoms with Crippen LogP contribution in [0.1, 0.15) is 20.8 Å². The van der Waals surface area contributed by atoms with Gasteiger partial charge in [0.15, 0.2) is 0 Å². The maximum Gasteiger partial charge on any atom is 0.346 e. The van der Waals surface area contributed by atoms with Crippen molar-refractivity contribution in [3.05, 3.63) is 53.6 Å². The lowest BCUT2D eigenvalue weighted by Crippen LogP contribution is -2.38. The van der Waals surface area contributed by atoms with Crippen molar-refractivity contribution in [1.29, 1.82) is 0 Å². The third-order valence-corrected chi connectivity index (χ3v) is 5.79. The van der Waals surface area contributed by atoms with Crippen molar-refractivity contribution in [2.75, 3.05) is 11.4 Å². The Morgan fingerprint density at radius 2 is 1.68 bits per heavy atom. The Labute approximate surface area is 168 Å².